The van der Waals surface area contributed by atoms with Gasteiger partial charge in [0.25, 0.3) is 0 Å². The number of piperazine rings is 1. The van der Waals surface area contributed by atoms with Gasteiger partial charge in [0.05, 0.1) is 0 Å². The van der Waals surface area contributed by atoms with E-state index in [0.717, 1.165) is 12.0 Å². The summed E-state index contributed by atoms with van der Waals surface area (Å²) in [5, 5.41) is 3.63. The van der Waals surface area contributed by atoms with Crippen LogP contribution in [0.2, 0.25) is 0 Å². The largest absolute Gasteiger partial charge is 0.309 e. The molecular weight excluding hydrogens is 222 g/mol. The molecule has 2 heterocycles. The lowest BCUT2D eigenvalue weighted by Crippen LogP contribution is -2.58. The van der Waals surface area contributed by atoms with Gasteiger partial charge in [0.1, 0.15) is 0 Å². The van der Waals surface area contributed by atoms with Gasteiger partial charge in [0.2, 0.25) is 0 Å². The van der Waals surface area contributed by atoms with Crippen molar-refractivity contribution in [1.29, 1.82) is 0 Å². The van der Waals surface area contributed by atoms with Crippen LogP contribution in [-0.2, 0) is 0 Å². The number of nitrogens with zero attached hydrogens (tertiary/aromatic N) is 2. The van der Waals surface area contributed by atoms with Crippen LogP contribution < -0.4 is 5.32 Å². The molecule has 0 saturated carbocycles. The van der Waals surface area contributed by atoms with E-state index >= 15 is 0 Å². The molecule has 3 heteroatoms. The van der Waals surface area contributed by atoms with Gasteiger partial charge in [0.15, 0.2) is 0 Å². The Morgan fingerprint density at radius 3 is 2.11 bits per heavy atom. The first-order valence-electron chi connectivity index (χ1n) is 7.77. The van der Waals surface area contributed by atoms with Crippen LogP contribution in [0.3, 0.4) is 0 Å². The minimum absolute atomic E-state index is 0.655. The highest BCUT2D eigenvalue weighted by Crippen LogP contribution is 2.19. The maximum Gasteiger partial charge on any atom is 0.0169 e. The van der Waals surface area contributed by atoms with E-state index in [1.165, 1.54) is 45.6 Å². The van der Waals surface area contributed by atoms with Crippen molar-refractivity contribution >= 4 is 0 Å². The van der Waals surface area contributed by atoms with Gasteiger partial charge in [-0.05, 0) is 45.7 Å². The number of nitrogens with one attached hydrogen (secondary N) is 1. The quantitative estimate of drug-likeness (QED) is 0.827. The first-order chi connectivity index (χ1) is 8.54. The second kappa shape index (κ2) is 6.36. The zero-order valence-corrected chi connectivity index (χ0v) is 12.7. The fourth-order valence-corrected chi connectivity index (χ4v) is 3.65. The molecule has 2 unspecified atom stereocenters. The summed E-state index contributed by atoms with van der Waals surface area (Å²) in [6, 6.07) is 2.14. The number of likely N-dealkylation sites (tertiary alicyclic amines) is 1. The number of hydrogen-bond donors (Lipinski definition) is 1. The second-order valence-electron chi connectivity index (χ2n) is 6.85. The van der Waals surface area contributed by atoms with Gasteiger partial charge in [-0.2, -0.15) is 0 Å². The van der Waals surface area contributed by atoms with Gasteiger partial charge < -0.3 is 10.2 Å². The minimum Gasteiger partial charge on any atom is -0.309 e. The Morgan fingerprint density at radius 1 is 1.06 bits per heavy atom. The molecule has 1 N–H and O–H groups in total. The molecule has 0 aromatic rings. The lowest BCUT2D eigenvalue weighted by molar-refractivity contribution is 0.0685. The summed E-state index contributed by atoms with van der Waals surface area (Å²) < 4.78 is 0. The summed E-state index contributed by atoms with van der Waals surface area (Å²) in [5.41, 5.74) is 0. The van der Waals surface area contributed by atoms with Crippen LogP contribution in [0.4, 0.5) is 0 Å². The average Bonchev–Trinajstić information content (AvgIpc) is 2.27. The zero-order valence-electron chi connectivity index (χ0n) is 12.7. The molecule has 2 saturated heterocycles. The van der Waals surface area contributed by atoms with Gasteiger partial charge in [-0.1, -0.05) is 13.8 Å². The number of piperidine rings is 1. The fraction of sp³-hybridized carbons (Fsp3) is 1.00. The van der Waals surface area contributed by atoms with Crippen molar-refractivity contribution in [3.63, 3.8) is 0 Å². The Hall–Kier alpha value is -0.120. The third-order valence-electron chi connectivity index (χ3n) is 4.28. The lowest BCUT2D eigenvalue weighted by atomic mass is 9.99. The molecule has 18 heavy (non-hydrogen) atoms. The summed E-state index contributed by atoms with van der Waals surface area (Å²) >= 11 is 0. The van der Waals surface area contributed by atoms with Crippen LogP contribution in [0.1, 0.15) is 40.5 Å². The summed E-state index contributed by atoms with van der Waals surface area (Å²) in [7, 11) is 0. The Kier molecular flexibility index (Phi) is 5.05. The van der Waals surface area contributed by atoms with Crippen molar-refractivity contribution in [2.24, 2.45) is 5.92 Å². The van der Waals surface area contributed by atoms with Crippen molar-refractivity contribution in [2.45, 2.75) is 58.7 Å². The monoisotopic (exact) mass is 253 g/mol. The fourth-order valence-electron chi connectivity index (χ4n) is 3.65. The molecule has 3 nitrogen and oxygen atoms in total. The molecule has 0 spiro atoms. The molecule has 106 valence electrons. The summed E-state index contributed by atoms with van der Waals surface area (Å²) in [5.74, 6) is 0.806. The van der Waals surface area contributed by atoms with Crippen LogP contribution >= 0.6 is 0 Å². The van der Waals surface area contributed by atoms with Gasteiger partial charge in [-0.3, -0.25) is 4.90 Å². The molecule has 0 bridgehead atoms. The average molecular weight is 253 g/mol. The molecule has 0 aromatic heterocycles. The first-order valence-corrected chi connectivity index (χ1v) is 7.77. The maximum atomic E-state index is 3.63. The normalized spacial score (nSPS) is 33.2. The molecule has 0 radical (unpaired) electrons. The van der Waals surface area contributed by atoms with Gasteiger partial charge in [-0.15, -0.1) is 0 Å². The first kappa shape index (κ1) is 14.3. The maximum absolute atomic E-state index is 3.63. The molecule has 0 aliphatic carbocycles. The highest BCUT2D eigenvalue weighted by Gasteiger charge is 2.29. The SMILES string of the molecule is CC(C)CN1CCC(N2CC(C)NC(C)C2)CC1. The molecule has 2 aliphatic rings. The van der Waals surface area contributed by atoms with Crippen molar-refractivity contribution in [3.05, 3.63) is 0 Å². The van der Waals surface area contributed by atoms with E-state index in [0.29, 0.717) is 12.1 Å². The van der Waals surface area contributed by atoms with Crippen molar-refractivity contribution in [2.75, 3.05) is 32.7 Å². The smallest absolute Gasteiger partial charge is 0.0169 e. The topological polar surface area (TPSA) is 18.5 Å². The van der Waals surface area contributed by atoms with E-state index in [2.05, 4.69) is 42.8 Å². The van der Waals surface area contributed by atoms with Crippen LogP contribution in [0.25, 0.3) is 0 Å². The van der Waals surface area contributed by atoms with Crippen LogP contribution in [0.15, 0.2) is 0 Å². The molecule has 2 fully saturated rings. The minimum atomic E-state index is 0.655. The molecular formula is C15H31N3. The highest BCUT2D eigenvalue weighted by atomic mass is 15.3. The van der Waals surface area contributed by atoms with Crippen LogP contribution in [-0.4, -0.2) is 60.6 Å². The predicted molar refractivity (Wildman–Crippen MR) is 77.9 cm³/mol. The van der Waals surface area contributed by atoms with E-state index in [1.54, 1.807) is 0 Å². The Morgan fingerprint density at radius 2 is 1.61 bits per heavy atom. The van der Waals surface area contributed by atoms with E-state index in [1.807, 2.05) is 0 Å². The van der Waals surface area contributed by atoms with Gasteiger partial charge >= 0.3 is 0 Å². The summed E-state index contributed by atoms with van der Waals surface area (Å²) in [6.07, 6.45) is 2.73. The van der Waals surface area contributed by atoms with Crippen molar-refractivity contribution in [3.8, 4) is 0 Å². The number of hydrogen-bond acceptors (Lipinski definition) is 3. The van der Waals surface area contributed by atoms with E-state index in [-0.39, 0.29) is 0 Å². The highest BCUT2D eigenvalue weighted by molar-refractivity contribution is 4.88. The van der Waals surface area contributed by atoms with Crippen LogP contribution in [0.5, 0.6) is 0 Å². The Balaban J connectivity index is 1.78. The predicted octanol–water partition coefficient (Wildman–Crippen LogP) is 1.79. The Bertz CT molecular complexity index is 236. The van der Waals surface area contributed by atoms with E-state index < -0.39 is 0 Å². The van der Waals surface area contributed by atoms with Crippen molar-refractivity contribution < 1.29 is 0 Å². The van der Waals surface area contributed by atoms with E-state index in [4.69, 9.17) is 0 Å². The Labute approximate surface area is 113 Å². The summed E-state index contributed by atoms with van der Waals surface area (Å²) in [4.78, 5) is 5.38. The molecule has 2 atom stereocenters. The molecule has 0 amide bonds. The van der Waals surface area contributed by atoms with Gasteiger partial charge in [0, 0.05) is 37.8 Å². The summed E-state index contributed by atoms with van der Waals surface area (Å²) in [6.45, 7) is 15.6. The zero-order chi connectivity index (χ0) is 13.1. The molecule has 2 aliphatic heterocycles. The third kappa shape index (κ3) is 3.94. The number of rotatable bonds is 3. The van der Waals surface area contributed by atoms with E-state index in [9.17, 15) is 0 Å². The lowest BCUT2D eigenvalue weighted by Gasteiger charge is -2.44. The van der Waals surface area contributed by atoms with Gasteiger partial charge in [-0.25, -0.2) is 0 Å². The van der Waals surface area contributed by atoms with Crippen LogP contribution in [0, 0.1) is 5.92 Å². The molecule has 0 aromatic carbocycles. The molecule has 2 rings (SSSR count). The third-order valence-corrected chi connectivity index (χ3v) is 4.28. The standard InChI is InChI=1S/C15H31N3/c1-12(2)9-17-7-5-15(6-8-17)18-10-13(3)16-14(4)11-18/h12-16H,5-11H2,1-4H3. The van der Waals surface area contributed by atoms with Crippen molar-refractivity contribution in [1.82, 2.24) is 15.1 Å². The second-order valence-corrected chi connectivity index (χ2v) is 6.85.